The number of rotatable bonds is 7. The van der Waals surface area contributed by atoms with Crippen LogP contribution in [0.15, 0.2) is 48.5 Å². The number of carbonyl (C=O) groups is 1. The highest BCUT2D eigenvalue weighted by Gasteiger charge is 2.34. The number of anilines is 1. The number of hydrogen-bond acceptors (Lipinski definition) is 3. The lowest BCUT2D eigenvalue weighted by atomic mass is 9.89. The van der Waals surface area contributed by atoms with Crippen molar-refractivity contribution in [3.63, 3.8) is 0 Å². The summed E-state index contributed by atoms with van der Waals surface area (Å²) in [4.78, 5) is 12.0. The van der Waals surface area contributed by atoms with E-state index in [4.69, 9.17) is 17.0 Å². The number of aryl methyl sites for hydroxylation is 2. The predicted octanol–water partition coefficient (Wildman–Crippen LogP) is 5.40. The molecule has 1 saturated carbocycles. The summed E-state index contributed by atoms with van der Waals surface area (Å²) in [6, 6.07) is 16.0. The monoisotopic (exact) mass is 410 g/mol. The summed E-state index contributed by atoms with van der Waals surface area (Å²) >= 11 is 5.62. The molecule has 29 heavy (non-hydrogen) atoms. The molecule has 0 saturated heterocycles. The van der Waals surface area contributed by atoms with Crippen LogP contribution < -0.4 is 10.6 Å². The molecule has 0 radical (unpaired) electrons. The second-order valence-electron chi connectivity index (χ2n) is 7.86. The Morgan fingerprint density at radius 1 is 1.14 bits per heavy atom. The van der Waals surface area contributed by atoms with Crippen molar-refractivity contribution in [3.8, 4) is 0 Å². The average Bonchev–Trinajstić information content (AvgIpc) is 3.15. The molecule has 1 fully saturated rings. The fraction of sp³-hybridized carbons (Fsp3) is 0.417. The van der Waals surface area contributed by atoms with E-state index in [1.807, 2.05) is 12.1 Å². The third-order valence-corrected chi connectivity index (χ3v) is 5.75. The van der Waals surface area contributed by atoms with Gasteiger partial charge in [-0.1, -0.05) is 48.7 Å². The van der Waals surface area contributed by atoms with Gasteiger partial charge in [0.05, 0.1) is 12.2 Å². The number of nitrogens with one attached hydrogen (secondary N) is 2. The molecule has 4 nitrogen and oxygen atoms in total. The van der Waals surface area contributed by atoms with Crippen LogP contribution in [0.3, 0.4) is 0 Å². The van der Waals surface area contributed by atoms with Gasteiger partial charge in [0.1, 0.15) is 0 Å². The fourth-order valence-corrected chi connectivity index (χ4v) is 4.42. The summed E-state index contributed by atoms with van der Waals surface area (Å²) in [7, 11) is 0. The van der Waals surface area contributed by atoms with Gasteiger partial charge in [0, 0.05) is 11.2 Å². The van der Waals surface area contributed by atoms with Gasteiger partial charge in [0.15, 0.2) is 5.11 Å². The number of ether oxygens (including phenoxy) is 1. The Kier molecular flexibility index (Phi) is 7.26. The number of hydrogen-bond donors (Lipinski definition) is 2. The molecule has 5 heteroatoms. The molecule has 1 aliphatic rings. The van der Waals surface area contributed by atoms with E-state index in [1.54, 1.807) is 19.1 Å². The summed E-state index contributed by atoms with van der Waals surface area (Å²) in [5.74, 6) is -0.319. The number of thiocarbonyl (C=S) groups is 1. The molecule has 2 aromatic rings. The minimum absolute atomic E-state index is 0.0343. The fourth-order valence-electron chi connectivity index (χ4n) is 4.08. The molecule has 0 aromatic heterocycles. The Bertz CT molecular complexity index is 859. The minimum Gasteiger partial charge on any atom is -0.462 e. The van der Waals surface area contributed by atoms with Gasteiger partial charge in [-0.2, -0.15) is 0 Å². The maximum absolute atomic E-state index is 12.0. The summed E-state index contributed by atoms with van der Waals surface area (Å²) in [6.45, 7) is 4.30. The van der Waals surface area contributed by atoms with Gasteiger partial charge in [-0.3, -0.25) is 0 Å². The smallest absolute Gasteiger partial charge is 0.338 e. The summed E-state index contributed by atoms with van der Waals surface area (Å²) < 4.78 is 5.08. The molecule has 154 valence electrons. The molecular formula is C24H30N2O2S. The van der Waals surface area contributed by atoms with Crippen LogP contribution in [0, 0.1) is 6.92 Å². The molecule has 0 atom stereocenters. The maximum atomic E-state index is 12.0. The van der Waals surface area contributed by atoms with Crippen LogP contribution in [0.2, 0.25) is 0 Å². The van der Waals surface area contributed by atoms with Crippen LogP contribution in [-0.2, 0) is 11.2 Å². The van der Waals surface area contributed by atoms with E-state index in [0.717, 1.165) is 31.4 Å². The Morgan fingerprint density at radius 2 is 1.90 bits per heavy atom. The highest BCUT2D eigenvalue weighted by molar-refractivity contribution is 7.80. The van der Waals surface area contributed by atoms with Gasteiger partial charge in [0.25, 0.3) is 0 Å². The van der Waals surface area contributed by atoms with Gasteiger partial charge in [-0.15, -0.1) is 0 Å². The number of carbonyl (C=O) groups excluding carboxylic acids is 1. The third-order valence-electron chi connectivity index (χ3n) is 5.55. The highest BCUT2D eigenvalue weighted by Crippen LogP contribution is 2.34. The lowest BCUT2D eigenvalue weighted by molar-refractivity contribution is 0.0526. The second kappa shape index (κ2) is 9.88. The van der Waals surface area contributed by atoms with E-state index in [0.29, 0.717) is 17.3 Å². The van der Waals surface area contributed by atoms with Crippen molar-refractivity contribution in [3.05, 3.63) is 65.2 Å². The van der Waals surface area contributed by atoms with Crippen LogP contribution in [0.25, 0.3) is 0 Å². The van der Waals surface area contributed by atoms with Crippen molar-refractivity contribution in [2.24, 2.45) is 0 Å². The third kappa shape index (κ3) is 6.04. The van der Waals surface area contributed by atoms with Crippen molar-refractivity contribution in [1.29, 1.82) is 0 Å². The van der Waals surface area contributed by atoms with E-state index in [2.05, 4.69) is 41.8 Å². The zero-order chi connectivity index (χ0) is 20.7. The van der Waals surface area contributed by atoms with Crippen LogP contribution in [-0.4, -0.2) is 23.2 Å². The van der Waals surface area contributed by atoms with Crippen LogP contribution in [0.5, 0.6) is 0 Å². The summed E-state index contributed by atoms with van der Waals surface area (Å²) in [6.07, 6.45) is 6.80. The molecule has 0 heterocycles. The minimum atomic E-state index is -0.319. The molecule has 2 aromatic carbocycles. The molecule has 2 N–H and O–H groups in total. The van der Waals surface area contributed by atoms with Crippen LogP contribution in [0.1, 0.15) is 60.5 Å². The predicted molar refractivity (Wildman–Crippen MR) is 122 cm³/mol. The molecule has 1 aliphatic carbocycles. The van der Waals surface area contributed by atoms with Crippen LogP contribution >= 0.6 is 12.2 Å². The van der Waals surface area contributed by atoms with Crippen molar-refractivity contribution in [2.75, 3.05) is 11.9 Å². The van der Waals surface area contributed by atoms with Gasteiger partial charge in [0.2, 0.25) is 0 Å². The SMILES string of the molecule is CCOC(=O)c1cccc(NC(=S)NC2(CCc3cccc(C)c3)CCCC2)c1. The van der Waals surface area contributed by atoms with Gasteiger partial charge in [-0.05, 0) is 75.5 Å². The van der Waals surface area contributed by atoms with Crippen molar-refractivity contribution < 1.29 is 9.53 Å². The number of benzene rings is 2. The molecular weight excluding hydrogens is 380 g/mol. The average molecular weight is 411 g/mol. The zero-order valence-corrected chi connectivity index (χ0v) is 18.1. The Hall–Kier alpha value is -2.40. The van der Waals surface area contributed by atoms with E-state index in [9.17, 15) is 4.79 Å². The largest absolute Gasteiger partial charge is 0.462 e. The summed E-state index contributed by atoms with van der Waals surface area (Å²) in [5, 5.41) is 7.46. The van der Waals surface area contributed by atoms with Crippen LogP contribution in [0.4, 0.5) is 5.69 Å². The van der Waals surface area contributed by atoms with Gasteiger partial charge in [-0.25, -0.2) is 4.79 Å². The molecule has 0 spiro atoms. The van der Waals surface area contributed by atoms with Gasteiger partial charge >= 0.3 is 5.97 Å². The Morgan fingerprint density at radius 3 is 2.62 bits per heavy atom. The maximum Gasteiger partial charge on any atom is 0.338 e. The first-order valence-electron chi connectivity index (χ1n) is 10.4. The normalized spacial score (nSPS) is 15.0. The van der Waals surface area contributed by atoms with E-state index in [-0.39, 0.29) is 11.5 Å². The Balaban J connectivity index is 1.62. The topological polar surface area (TPSA) is 50.4 Å². The lowest BCUT2D eigenvalue weighted by Gasteiger charge is -2.32. The second-order valence-corrected chi connectivity index (χ2v) is 8.27. The molecule has 3 rings (SSSR count). The quantitative estimate of drug-likeness (QED) is 0.472. The summed E-state index contributed by atoms with van der Waals surface area (Å²) in [5.41, 5.74) is 4.02. The lowest BCUT2D eigenvalue weighted by Crippen LogP contribution is -2.48. The van der Waals surface area contributed by atoms with Crippen molar-refractivity contribution in [2.45, 2.75) is 57.9 Å². The van der Waals surface area contributed by atoms with E-state index >= 15 is 0 Å². The first-order valence-corrected chi connectivity index (χ1v) is 10.8. The van der Waals surface area contributed by atoms with E-state index in [1.165, 1.54) is 24.0 Å². The molecule has 0 amide bonds. The molecule has 0 bridgehead atoms. The van der Waals surface area contributed by atoms with Crippen molar-refractivity contribution >= 4 is 29.0 Å². The first-order chi connectivity index (χ1) is 14.0. The Labute approximate surface area is 179 Å². The molecule has 0 aliphatic heterocycles. The first kappa shape index (κ1) is 21.3. The number of esters is 1. The van der Waals surface area contributed by atoms with Crippen molar-refractivity contribution in [1.82, 2.24) is 5.32 Å². The highest BCUT2D eigenvalue weighted by atomic mass is 32.1. The standard InChI is InChI=1S/C24H30N2O2S/c1-3-28-22(27)20-10-7-11-21(17-20)25-23(29)26-24(13-4-5-14-24)15-12-19-9-6-8-18(2)16-19/h6-11,16-17H,3-5,12-15H2,1-2H3,(H2,25,26,29). The zero-order valence-electron chi connectivity index (χ0n) is 17.3. The van der Waals surface area contributed by atoms with Gasteiger partial charge < -0.3 is 15.4 Å². The van der Waals surface area contributed by atoms with E-state index < -0.39 is 0 Å². The molecule has 0 unspecified atom stereocenters.